The number of aromatic nitrogens is 2. The van der Waals surface area contributed by atoms with Gasteiger partial charge in [0.1, 0.15) is 17.1 Å². The van der Waals surface area contributed by atoms with Crippen LogP contribution in [0.4, 0.5) is 13.2 Å². The van der Waals surface area contributed by atoms with Gasteiger partial charge in [0.2, 0.25) is 0 Å². The summed E-state index contributed by atoms with van der Waals surface area (Å²) in [5, 5.41) is 2.78. The highest BCUT2D eigenvalue weighted by Crippen LogP contribution is 2.36. The number of fused-ring (bicyclic) bond motifs is 1. The Labute approximate surface area is 195 Å². The summed E-state index contributed by atoms with van der Waals surface area (Å²) in [6, 6.07) is 6.64. The fourth-order valence-electron chi connectivity index (χ4n) is 3.54. The number of benzene rings is 2. The fourth-order valence-corrected chi connectivity index (χ4v) is 3.80. The predicted octanol–water partition coefficient (Wildman–Crippen LogP) is 5.37. The molecule has 0 bridgehead atoms. The highest BCUT2D eigenvalue weighted by atomic mass is 35.5. The highest BCUT2D eigenvalue weighted by Gasteiger charge is 2.32. The van der Waals surface area contributed by atoms with Gasteiger partial charge in [0, 0.05) is 12.1 Å². The Morgan fingerprint density at radius 2 is 1.94 bits per heavy atom. The number of halogens is 4. The second-order valence-electron chi connectivity index (χ2n) is 7.49. The lowest BCUT2D eigenvalue weighted by Gasteiger charge is -2.17. The monoisotopic (exact) mass is 482 g/mol. The maximum atomic E-state index is 13.1. The van der Waals surface area contributed by atoms with Crippen LogP contribution < -0.4 is 10.1 Å². The highest BCUT2D eigenvalue weighted by molar-refractivity contribution is 6.35. The second-order valence-corrected chi connectivity index (χ2v) is 7.90. The van der Waals surface area contributed by atoms with Gasteiger partial charge in [-0.2, -0.15) is 13.2 Å². The number of ether oxygens (including phenoxy) is 1. The molecule has 0 aliphatic rings. The standard InChI is InChI=1S/C23H26ClF3N4O2/c1-4-31(5-2)10-6-9-28-22(32)14-7-8-16(19(11-14)33-3)21-29-18-13-15(23(25,26)27)12-17(24)20(18)30-21/h7-8,11-13H,4-6,9-10H2,1-3H3,(H,28,32)(H,29,30). The Bertz CT molecular complexity index is 1130. The van der Waals surface area contributed by atoms with Gasteiger partial charge >= 0.3 is 6.18 Å². The number of H-pyrrole nitrogens is 1. The topological polar surface area (TPSA) is 70.2 Å². The van der Waals surface area contributed by atoms with Crippen molar-refractivity contribution in [2.75, 3.05) is 33.3 Å². The lowest BCUT2D eigenvalue weighted by molar-refractivity contribution is -0.137. The number of nitrogens with zero attached hydrogens (tertiary/aromatic N) is 2. The number of carbonyl (C=O) groups is 1. The average molecular weight is 483 g/mol. The van der Waals surface area contributed by atoms with Crippen LogP contribution in [0.25, 0.3) is 22.4 Å². The van der Waals surface area contributed by atoms with Crippen LogP contribution in [-0.2, 0) is 6.18 Å². The van der Waals surface area contributed by atoms with E-state index in [4.69, 9.17) is 16.3 Å². The van der Waals surface area contributed by atoms with Crippen molar-refractivity contribution in [1.29, 1.82) is 0 Å². The molecule has 0 aliphatic carbocycles. The Balaban J connectivity index is 1.80. The van der Waals surface area contributed by atoms with Gasteiger partial charge in [-0.1, -0.05) is 25.4 Å². The third-order valence-corrected chi connectivity index (χ3v) is 5.71. The summed E-state index contributed by atoms with van der Waals surface area (Å²) in [6.07, 6.45) is -3.69. The summed E-state index contributed by atoms with van der Waals surface area (Å²) < 4.78 is 44.7. The number of alkyl halides is 3. The number of imidazole rings is 1. The molecule has 3 aromatic rings. The van der Waals surface area contributed by atoms with Crippen molar-refractivity contribution in [1.82, 2.24) is 20.2 Å². The van der Waals surface area contributed by atoms with Crippen LogP contribution in [0.1, 0.15) is 36.2 Å². The number of methoxy groups -OCH3 is 1. The molecule has 0 saturated heterocycles. The second kappa shape index (κ2) is 10.4. The van der Waals surface area contributed by atoms with E-state index in [0.717, 1.165) is 38.2 Å². The van der Waals surface area contributed by atoms with E-state index in [0.29, 0.717) is 23.4 Å². The molecule has 6 nitrogen and oxygen atoms in total. The Morgan fingerprint density at radius 1 is 1.21 bits per heavy atom. The molecule has 0 spiro atoms. The molecule has 0 fully saturated rings. The van der Waals surface area contributed by atoms with Crippen molar-refractivity contribution < 1.29 is 22.7 Å². The van der Waals surface area contributed by atoms with Crippen LogP contribution in [0.3, 0.4) is 0 Å². The number of amides is 1. The molecule has 178 valence electrons. The Morgan fingerprint density at radius 3 is 2.58 bits per heavy atom. The summed E-state index contributed by atoms with van der Waals surface area (Å²) in [6.45, 7) is 7.58. The Hall–Kier alpha value is -2.78. The van der Waals surface area contributed by atoms with Crippen LogP contribution in [0.15, 0.2) is 30.3 Å². The minimum absolute atomic E-state index is 0.109. The van der Waals surface area contributed by atoms with Crippen molar-refractivity contribution in [3.63, 3.8) is 0 Å². The first-order chi connectivity index (χ1) is 15.7. The van der Waals surface area contributed by atoms with E-state index in [-0.39, 0.29) is 27.8 Å². The third kappa shape index (κ3) is 5.78. The first kappa shape index (κ1) is 24.9. The molecule has 10 heteroatoms. The average Bonchev–Trinajstić information content (AvgIpc) is 3.22. The lowest BCUT2D eigenvalue weighted by atomic mass is 10.1. The zero-order valence-corrected chi connectivity index (χ0v) is 19.4. The molecule has 0 unspecified atom stereocenters. The van der Waals surface area contributed by atoms with Crippen molar-refractivity contribution in [3.05, 3.63) is 46.5 Å². The fraction of sp³-hybridized carbons (Fsp3) is 0.391. The number of carbonyl (C=O) groups excluding carboxylic acids is 1. The Kier molecular flexibility index (Phi) is 7.86. The number of hydrogen-bond acceptors (Lipinski definition) is 4. The predicted molar refractivity (Wildman–Crippen MR) is 123 cm³/mol. The molecule has 0 aliphatic heterocycles. The summed E-state index contributed by atoms with van der Waals surface area (Å²) >= 11 is 6.04. The van der Waals surface area contributed by atoms with E-state index in [1.807, 2.05) is 0 Å². The maximum absolute atomic E-state index is 13.1. The first-order valence-corrected chi connectivity index (χ1v) is 11.0. The van der Waals surface area contributed by atoms with Gasteiger partial charge in [-0.15, -0.1) is 0 Å². The van der Waals surface area contributed by atoms with Crippen molar-refractivity contribution in [3.8, 4) is 17.1 Å². The van der Waals surface area contributed by atoms with Crippen LogP contribution in [0.2, 0.25) is 5.02 Å². The number of hydrogen-bond donors (Lipinski definition) is 2. The summed E-state index contributed by atoms with van der Waals surface area (Å²) in [4.78, 5) is 22.0. The van der Waals surface area contributed by atoms with Gasteiger partial charge in [0.15, 0.2) is 0 Å². The molecule has 1 amide bonds. The van der Waals surface area contributed by atoms with Gasteiger partial charge in [-0.25, -0.2) is 4.98 Å². The number of aromatic amines is 1. The van der Waals surface area contributed by atoms with Gasteiger partial charge in [0.05, 0.1) is 28.8 Å². The van der Waals surface area contributed by atoms with Crippen LogP contribution in [-0.4, -0.2) is 54.1 Å². The van der Waals surface area contributed by atoms with Crippen LogP contribution in [0.5, 0.6) is 5.75 Å². The third-order valence-electron chi connectivity index (χ3n) is 5.42. The van der Waals surface area contributed by atoms with Crippen molar-refractivity contribution >= 4 is 28.5 Å². The molecular weight excluding hydrogens is 457 g/mol. The largest absolute Gasteiger partial charge is 0.496 e. The van der Waals surface area contributed by atoms with E-state index in [1.54, 1.807) is 18.2 Å². The van der Waals surface area contributed by atoms with E-state index in [9.17, 15) is 18.0 Å². The van der Waals surface area contributed by atoms with E-state index < -0.39 is 11.7 Å². The maximum Gasteiger partial charge on any atom is 0.416 e. The SMILES string of the molecule is CCN(CC)CCCNC(=O)c1ccc(-c2nc3c(Cl)cc(C(F)(F)F)cc3[nH]2)c(OC)c1. The smallest absolute Gasteiger partial charge is 0.416 e. The molecule has 33 heavy (non-hydrogen) atoms. The normalized spacial score (nSPS) is 11.9. The zero-order valence-electron chi connectivity index (χ0n) is 18.6. The minimum atomic E-state index is -4.53. The summed E-state index contributed by atoms with van der Waals surface area (Å²) in [5.41, 5.74) is 0.414. The summed E-state index contributed by atoms with van der Waals surface area (Å²) in [7, 11) is 1.45. The molecule has 0 saturated carbocycles. The number of nitrogens with one attached hydrogen (secondary N) is 2. The molecule has 1 aromatic heterocycles. The van der Waals surface area contributed by atoms with Gasteiger partial charge in [-0.3, -0.25) is 4.79 Å². The lowest BCUT2D eigenvalue weighted by Crippen LogP contribution is -2.29. The quantitative estimate of drug-likeness (QED) is 0.402. The van der Waals surface area contributed by atoms with E-state index >= 15 is 0 Å². The van der Waals surface area contributed by atoms with Crippen LogP contribution >= 0.6 is 11.6 Å². The van der Waals surface area contributed by atoms with Gasteiger partial charge in [-0.05, 0) is 56.4 Å². The molecule has 0 radical (unpaired) electrons. The van der Waals surface area contributed by atoms with Crippen molar-refractivity contribution in [2.45, 2.75) is 26.4 Å². The zero-order chi connectivity index (χ0) is 24.2. The first-order valence-electron chi connectivity index (χ1n) is 10.6. The molecule has 2 aromatic carbocycles. The molecule has 1 heterocycles. The van der Waals surface area contributed by atoms with E-state index in [2.05, 4.69) is 34.0 Å². The molecular formula is C23H26ClF3N4O2. The number of rotatable bonds is 9. The molecule has 0 atom stereocenters. The van der Waals surface area contributed by atoms with Crippen molar-refractivity contribution in [2.24, 2.45) is 0 Å². The van der Waals surface area contributed by atoms with Gasteiger partial charge < -0.3 is 19.9 Å². The minimum Gasteiger partial charge on any atom is -0.496 e. The van der Waals surface area contributed by atoms with Gasteiger partial charge in [0.25, 0.3) is 5.91 Å². The molecule has 2 N–H and O–H groups in total. The van der Waals surface area contributed by atoms with E-state index in [1.165, 1.54) is 7.11 Å². The summed E-state index contributed by atoms with van der Waals surface area (Å²) in [5.74, 6) is 0.410. The van der Waals surface area contributed by atoms with Crippen LogP contribution in [0, 0.1) is 0 Å². The molecule has 3 rings (SSSR count).